The Hall–Kier alpha value is -2.44. The van der Waals surface area contributed by atoms with Crippen LogP contribution in [0, 0.1) is 6.92 Å². The molecule has 0 aliphatic rings. The predicted octanol–water partition coefficient (Wildman–Crippen LogP) is 5.06. The van der Waals surface area contributed by atoms with Crippen LogP contribution in [0.15, 0.2) is 29.4 Å². The number of halogens is 2. The number of phenolic OH excluding ortho intramolecular Hbond substituents is 1. The third-order valence-electron chi connectivity index (χ3n) is 4.03. The lowest BCUT2D eigenvalue weighted by molar-refractivity contribution is -0.123. The quantitative estimate of drug-likeness (QED) is 0.445. The number of hydrazone groups is 1. The Balaban J connectivity index is 2.05. The number of aryl methyl sites for hydroxylation is 1. The molecule has 0 heterocycles. The number of ether oxygens (including phenoxy) is 2. The summed E-state index contributed by atoms with van der Waals surface area (Å²) in [5.74, 6) is 0.436. The van der Waals surface area contributed by atoms with Crippen LogP contribution in [0.25, 0.3) is 0 Å². The van der Waals surface area contributed by atoms with Gasteiger partial charge in [-0.2, -0.15) is 5.10 Å². The van der Waals surface area contributed by atoms with Gasteiger partial charge in [0, 0.05) is 6.07 Å². The number of rotatable bonds is 8. The van der Waals surface area contributed by atoms with Crippen LogP contribution in [0.2, 0.25) is 10.0 Å². The summed E-state index contributed by atoms with van der Waals surface area (Å²) in [5.41, 5.74) is 4.55. The Morgan fingerprint density at radius 2 is 1.97 bits per heavy atom. The molecule has 6 nitrogen and oxygen atoms in total. The van der Waals surface area contributed by atoms with Gasteiger partial charge in [-0.05, 0) is 37.0 Å². The number of hydrogen-bond acceptors (Lipinski definition) is 5. The maximum absolute atomic E-state index is 12.1. The number of nitrogens with one attached hydrogen (secondary N) is 1. The van der Waals surface area contributed by atoms with Gasteiger partial charge in [-0.3, -0.25) is 4.79 Å². The van der Waals surface area contributed by atoms with Crippen LogP contribution in [0.5, 0.6) is 17.2 Å². The number of benzene rings is 2. The predicted molar refractivity (Wildman–Crippen MR) is 116 cm³/mol. The molecule has 0 bridgehead atoms. The fraction of sp³-hybridized carbons (Fsp3) is 0.333. The van der Waals surface area contributed by atoms with E-state index in [1.807, 2.05) is 25.1 Å². The van der Waals surface area contributed by atoms with Crippen molar-refractivity contribution in [2.45, 2.75) is 33.6 Å². The van der Waals surface area contributed by atoms with Crippen molar-refractivity contribution in [2.24, 2.45) is 5.10 Å². The summed E-state index contributed by atoms with van der Waals surface area (Å²) >= 11 is 12.2. The van der Waals surface area contributed by atoms with E-state index in [4.69, 9.17) is 32.7 Å². The summed E-state index contributed by atoms with van der Waals surface area (Å²) in [6.07, 6.45) is 1.20. The first-order chi connectivity index (χ1) is 13.7. The first kappa shape index (κ1) is 22.8. The SMILES string of the molecule is CCOc1cc(Cl)c(Cl)c(/C=N\NC(=O)COc2cc(C)ccc2C(C)C)c1O. The first-order valence-electron chi connectivity index (χ1n) is 9.13. The van der Waals surface area contributed by atoms with E-state index >= 15 is 0 Å². The molecule has 0 fully saturated rings. The molecule has 156 valence electrons. The van der Waals surface area contributed by atoms with Crippen molar-refractivity contribution < 1.29 is 19.4 Å². The van der Waals surface area contributed by atoms with E-state index in [-0.39, 0.29) is 39.6 Å². The van der Waals surface area contributed by atoms with Crippen LogP contribution in [0.1, 0.15) is 43.4 Å². The van der Waals surface area contributed by atoms with Crippen molar-refractivity contribution in [1.82, 2.24) is 5.43 Å². The molecule has 0 saturated heterocycles. The standard InChI is InChI=1S/C21H24Cl2N2O4/c1-5-28-18-9-16(22)20(23)15(21(18)27)10-24-25-19(26)11-29-17-8-13(4)6-7-14(17)12(2)3/h6-10,12,27H,5,11H2,1-4H3,(H,25,26)/b24-10-. The van der Waals surface area contributed by atoms with Crippen LogP contribution in [-0.2, 0) is 4.79 Å². The minimum atomic E-state index is -0.458. The van der Waals surface area contributed by atoms with Gasteiger partial charge in [0.15, 0.2) is 18.1 Å². The summed E-state index contributed by atoms with van der Waals surface area (Å²) in [5, 5.41) is 14.4. The molecule has 0 radical (unpaired) electrons. The molecule has 0 saturated carbocycles. The molecule has 1 amide bonds. The highest BCUT2D eigenvalue weighted by Gasteiger charge is 2.15. The molecule has 0 aliphatic heterocycles. The van der Waals surface area contributed by atoms with E-state index in [1.54, 1.807) is 6.92 Å². The van der Waals surface area contributed by atoms with Crippen molar-refractivity contribution in [2.75, 3.05) is 13.2 Å². The highest BCUT2D eigenvalue weighted by Crippen LogP contribution is 2.39. The van der Waals surface area contributed by atoms with Crippen LogP contribution in [0.3, 0.4) is 0 Å². The molecule has 2 rings (SSSR count). The lowest BCUT2D eigenvalue weighted by Crippen LogP contribution is -2.25. The van der Waals surface area contributed by atoms with Crippen molar-refractivity contribution in [1.29, 1.82) is 0 Å². The Labute approximate surface area is 180 Å². The minimum absolute atomic E-state index is 0.100. The molecular weight excluding hydrogens is 415 g/mol. The third kappa shape index (κ3) is 6.02. The van der Waals surface area contributed by atoms with Gasteiger partial charge in [-0.15, -0.1) is 0 Å². The summed E-state index contributed by atoms with van der Waals surface area (Å²) in [6.45, 7) is 7.97. The molecule has 2 aromatic rings. The number of aromatic hydroxyl groups is 1. The summed E-state index contributed by atoms with van der Waals surface area (Å²) in [6, 6.07) is 7.31. The zero-order valence-electron chi connectivity index (χ0n) is 16.8. The monoisotopic (exact) mass is 438 g/mol. The lowest BCUT2D eigenvalue weighted by Gasteiger charge is -2.14. The molecule has 0 aliphatic carbocycles. The fourth-order valence-corrected chi connectivity index (χ4v) is 2.98. The largest absolute Gasteiger partial charge is 0.504 e. The number of nitrogens with zero attached hydrogens (tertiary/aromatic N) is 1. The zero-order chi connectivity index (χ0) is 21.6. The van der Waals surface area contributed by atoms with E-state index in [0.717, 1.165) is 11.1 Å². The average Bonchev–Trinajstić information content (AvgIpc) is 2.67. The third-order valence-corrected chi connectivity index (χ3v) is 4.83. The van der Waals surface area contributed by atoms with E-state index in [9.17, 15) is 9.90 Å². The highest BCUT2D eigenvalue weighted by molar-refractivity contribution is 6.43. The van der Waals surface area contributed by atoms with Gasteiger partial charge in [-0.25, -0.2) is 5.43 Å². The second kappa shape index (κ2) is 10.4. The number of amides is 1. The van der Waals surface area contributed by atoms with Crippen molar-refractivity contribution in [3.8, 4) is 17.2 Å². The van der Waals surface area contributed by atoms with E-state index in [0.29, 0.717) is 12.4 Å². The molecule has 29 heavy (non-hydrogen) atoms. The molecular formula is C21H24Cl2N2O4. The maximum atomic E-state index is 12.1. The maximum Gasteiger partial charge on any atom is 0.277 e. The van der Waals surface area contributed by atoms with Gasteiger partial charge in [0.1, 0.15) is 5.75 Å². The highest BCUT2D eigenvalue weighted by atomic mass is 35.5. The van der Waals surface area contributed by atoms with Gasteiger partial charge in [-0.1, -0.05) is 49.2 Å². The van der Waals surface area contributed by atoms with Crippen LogP contribution in [-0.4, -0.2) is 30.4 Å². The fourth-order valence-electron chi connectivity index (χ4n) is 2.58. The van der Waals surface area contributed by atoms with E-state index in [2.05, 4.69) is 24.4 Å². The van der Waals surface area contributed by atoms with E-state index < -0.39 is 5.91 Å². The number of phenols is 1. The van der Waals surface area contributed by atoms with Crippen LogP contribution < -0.4 is 14.9 Å². The topological polar surface area (TPSA) is 80.2 Å². The summed E-state index contributed by atoms with van der Waals surface area (Å²) in [4.78, 5) is 12.1. The average molecular weight is 439 g/mol. The van der Waals surface area contributed by atoms with E-state index in [1.165, 1.54) is 12.3 Å². The van der Waals surface area contributed by atoms with Crippen LogP contribution in [0.4, 0.5) is 0 Å². The second-order valence-electron chi connectivity index (χ2n) is 6.64. The van der Waals surface area contributed by atoms with Gasteiger partial charge in [0.25, 0.3) is 5.91 Å². The number of hydrogen-bond donors (Lipinski definition) is 2. The van der Waals surface area contributed by atoms with Crippen LogP contribution >= 0.6 is 23.2 Å². The lowest BCUT2D eigenvalue weighted by atomic mass is 10.0. The van der Waals surface area contributed by atoms with Crippen molar-refractivity contribution in [3.05, 3.63) is 51.0 Å². The molecule has 0 unspecified atom stereocenters. The zero-order valence-corrected chi connectivity index (χ0v) is 18.3. The van der Waals surface area contributed by atoms with Gasteiger partial charge < -0.3 is 14.6 Å². The molecule has 0 aromatic heterocycles. The van der Waals surface area contributed by atoms with Crippen molar-refractivity contribution >= 4 is 35.3 Å². The van der Waals surface area contributed by atoms with Crippen molar-refractivity contribution in [3.63, 3.8) is 0 Å². The Bertz CT molecular complexity index is 914. The molecule has 2 N–H and O–H groups in total. The summed E-state index contributed by atoms with van der Waals surface area (Å²) in [7, 11) is 0. The van der Waals surface area contributed by atoms with Gasteiger partial charge >= 0.3 is 0 Å². The minimum Gasteiger partial charge on any atom is -0.504 e. The normalized spacial score (nSPS) is 11.1. The number of carbonyl (C=O) groups is 1. The smallest absolute Gasteiger partial charge is 0.277 e. The Morgan fingerprint density at radius 3 is 2.62 bits per heavy atom. The first-order valence-corrected chi connectivity index (χ1v) is 9.89. The molecule has 0 atom stereocenters. The molecule has 2 aromatic carbocycles. The Kier molecular flexibility index (Phi) is 8.17. The molecule has 8 heteroatoms. The van der Waals surface area contributed by atoms with Gasteiger partial charge in [0.05, 0.1) is 28.4 Å². The Morgan fingerprint density at radius 1 is 1.24 bits per heavy atom. The number of carbonyl (C=O) groups excluding carboxylic acids is 1. The second-order valence-corrected chi connectivity index (χ2v) is 7.43. The van der Waals surface area contributed by atoms with Gasteiger partial charge in [0.2, 0.25) is 0 Å². The summed E-state index contributed by atoms with van der Waals surface area (Å²) < 4.78 is 11.0. The molecule has 0 spiro atoms.